The molecule has 2 aliphatic rings. The van der Waals surface area contributed by atoms with Crippen LogP contribution in [0.2, 0.25) is 0 Å². The molecule has 0 aromatic carbocycles. The quantitative estimate of drug-likeness (QED) is 0.514. The molecule has 4 heterocycles. The molecule has 1 amide bonds. The van der Waals surface area contributed by atoms with Gasteiger partial charge in [0, 0.05) is 12.5 Å². The van der Waals surface area contributed by atoms with E-state index in [2.05, 4.69) is 10.1 Å². The van der Waals surface area contributed by atoms with Gasteiger partial charge in [-0.2, -0.15) is 5.10 Å². The van der Waals surface area contributed by atoms with E-state index in [0.29, 0.717) is 18.1 Å². The van der Waals surface area contributed by atoms with Crippen LogP contribution in [-0.4, -0.2) is 37.8 Å². The van der Waals surface area contributed by atoms with Crippen molar-refractivity contribution in [3.05, 3.63) is 39.8 Å². The molecule has 26 heavy (non-hydrogen) atoms. The van der Waals surface area contributed by atoms with E-state index in [-0.39, 0.29) is 49.3 Å². The zero-order valence-corrected chi connectivity index (χ0v) is 14.8. The average molecular weight is 349 g/mol. The van der Waals surface area contributed by atoms with Crippen LogP contribution in [0, 0.1) is 6.92 Å². The van der Waals surface area contributed by atoms with E-state index in [1.165, 1.54) is 11.1 Å². The molecule has 0 unspecified atom stereocenters. The first-order valence-corrected chi connectivity index (χ1v) is 8.07. The summed E-state index contributed by atoms with van der Waals surface area (Å²) in [6.07, 6.45) is 1.62. The molecule has 0 saturated carbocycles. The summed E-state index contributed by atoms with van der Waals surface area (Å²) in [5, 5.41) is 15.6. The molecule has 0 bridgehead atoms. The number of nitrogens with zero attached hydrogens (tertiary/aromatic N) is 5. The van der Waals surface area contributed by atoms with Crippen LogP contribution >= 0.6 is 0 Å². The molecule has 2 aromatic heterocycles. The Morgan fingerprint density at radius 1 is 1.31 bits per heavy atom. The normalized spacial score (nSPS) is 21.2. The standard InChI is InChI=1S/C16H17N5O4.Li/c1-8-5-11(16(24)25)21-13(8)17-7-12(15(21)23)19-3-4-20-10(14(19)22)6-9(2)18-20;/h6-8,11H,3-5H2,1-2H3,(H,24,25);/q;+1/p-1/t8-,11+;/m1./s1. The number of hydrogen-bond donors (Lipinski definition) is 0. The van der Waals surface area contributed by atoms with E-state index in [1.807, 2.05) is 6.92 Å². The van der Waals surface area contributed by atoms with E-state index in [1.54, 1.807) is 17.7 Å². The molecule has 10 heteroatoms. The van der Waals surface area contributed by atoms with Gasteiger partial charge in [0.15, 0.2) is 0 Å². The maximum Gasteiger partial charge on any atom is 1.00 e. The SMILES string of the molecule is Cc1cc2n(n1)CCN(c1cnc3n(c1=O)[C@H](C(=O)[O-])C[C@H]3C)C2=O.[Li+]. The number of aryl methyl sites for hydroxylation is 1. The number of carboxylic acid groups (broad SMARTS) is 1. The third-order valence-electron chi connectivity index (χ3n) is 4.80. The van der Waals surface area contributed by atoms with E-state index in [9.17, 15) is 19.5 Å². The monoisotopic (exact) mass is 349 g/mol. The van der Waals surface area contributed by atoms with Gasteiger partial charge in [0.25, 0.3) is 11.5 Å². The Morgan fingerprint density at radius 2 is 2.04 bits per heavy atom. The molecule has 0 N–H and O–H groups in total. The van der Waals surface area contributed by atoms with Crippen LogP contribution < -0.4 is 34.4 Å². The second kappa shape index (κ2) is 6.41. The van der Waals surface area contributed by atoms with Gasteiger partial charge in [0.1, 0.15) is 17.2 Å². The molecule has 0 aliphatic carbocycles. The Kier molecular flexibility index (Phi) is 4.54. The van der Waals surface area contributed by atoms with Crippen LogP contribution in [0.3, 0.4) is 0 Å². The smallest absolute Gasteiger partial charge is 0.548 e. The van der Waals surface area contributed by atoms with E-state index in [4.69, 9.17) is 0 Å². The maximum absolute atomic E-state index is 12.9. The van der Waals surface area contributed by atoms with Gasteiger partial charge in [-0.05, 0) is 19.4 Å². The minimum atomic E-state index is -1.31. The van der Waals surface area contributed by atoms with Crippen LogP contribution in [-0.2, 0) is 11.3 Å². The third-order valence-corrected chi connectivity index (χ3v) is 4.80. The van der Waals surface area contributed by atoms with Crippen molar-refractivity contribution in [3.63, 3.8) is 0 Å². The van der Waals surface area contributed by atoms with Gasteiger partial charge in [-0.1, -0.05) is 6.92 Å². The van der Waals surface area contributed by atoms with Crippen LogP contribution in [0.5, 0.6) is 0 Å². The number of fused-ring (bicyclic) bond motifs is 2. The molecular formula is C16H16LiN5O4. The number of amides is 1. The fourth-order valence-electron chi connectivity index (χ4n) is 3.62. The number of anilines is 1. The van der Waals surface area contributed by atoms with E-state index in [0.717, 1.165) is 10.3 Å². The number of carbonyl (C=O) groups is 2. The zero-order chi connectivity index (χ0) is 17.9. The summed E-state index contributed by atoms with van der Waals surface area (Å²) in [6, 6.07) is 0.608. The summed E-state index contributed by atoms with van der Waals surface area (Å²) in [7, 11) is 0. The van der Waals surface area contributed by atoms with Crippen molar-refractivity contribution in [2.75, 3.05) is 11.4 Å². The second-order valence-corrected chi connectivity index (χ2v) is 6.50. The average Bonchev–Trinajstić information content (AvgIpc) is 3.10. The predicted molar refractivity (Wildman–Crippen MR) is 84.2 cm³/mol. The Labute approximate surface area is 160 Å². The summed E-state index contributed by atoms with van der Waals surface area (Å²) in [6.45, 7) is 4.33. The van der Waals surface area contributed by atoms with Crippen LogP contribution in [0.25, 0.3) is 0 Å². The number of carbonyl (C=O) groups excluding carboxylic acids is 2. The minimum absolute atomic E-state index is 0. The largest absolute Gasteiger partial charge is 1.00 e. The van der Waals surface area contributed by atoms with Gasteiger partial charge in [-0.15, -0.1) is 0 Å². The minimum Gasteiger partial charge on any atom is -0.548 e. The number of hydrogen-bond acceptors (Lipinski definition) is 6. The topological polar surface area (TPSA) is 113 Å². The Hall–Kier alpha value is -2.37. The van der Waals surface area contributed by atoms with Crippen molar-refractivity contribution in [2.45, 2.75) is 38.8 Å². The van der Waals surface area contributed by atoms with Crippen molar-refractivity contribution in [1.82, 2.24) is 19.3 Å². The van der Waals surface area contributed by atoms with Crippen molar-refractivity contribution in [1.29, 1.82) is 0 Å². The summed E-state index contributed by atoms with van der Waals surface area (Å²) >= 11 is 0. The fraction of sp³-hybridized carbons (Fsp3) is 0.438. The van der Waals surface area contributed by atoms with E-state index >= 15 is 0 Å². The molecule has 0 saturated heterocycles. The van der Waals surface area contributed by atoms with Gasteiger partial charge in [0.2, 0.25) is 0 Å². The van der Waals surface area contributed by atoms with Gasteiger partial charge in [-0.3, -0.25) is 23.7 Å². The predicted octanol–water partition coefficient (Wildman–Crippen LogP) is -3.79. The van der Waals surface area contributed by atoms with Gasteiger partial charge >= 0.3 is 18.9 Å². The first-order valence-electron chi connectivity index (χ1n) is 8.07. The van der Waals surface area contributed by atoms with Gasteiger partial charge in [-0.25, -0.2) is 4.98 Å². The number of rotatable bonds is 2. The fourth-order valence-corrected chi connectivity index (χ4v) is 3.62. The molecule has 9 nitrogen and oxygen atoms in total. The molecule has 0 fully saturated rings. The summed E-state index contributed by atoms with van der Waals surface area (Å²) < 4.78 is 2.76. The van der Waals surface area contributed by atoms with Crippen molar-refractivity contribution in [3.8, 4) is 0 Å². The van der Waals surface area contributed by atoms with Crippen LogP contribution in [0.15, 0.2) is 17.1 Å². The van der Waals surface area contributed by atoms with Crippen molar-refractivity contribution in [2.24, 2.45) is 0 Å². The van der Waals surface area contributed by atoms with Crippen molar-refractivity contribution >= 4 is 17.6 Å². The zero-order valence-electron chi connectivity index (χ0n) is 14.8. The first kappa shape index (κ1) is 18.4. The Bertz CT molecular complexity index is 966. The molecule has 0 radical (unpaired) electrons. The molecule has 2 atom stereocenters. The Morgan fingerprint density at radius 3 is 2.73 bits per heavy atom. The summed E-state index contributed by atoms with van der Waals surface area (Å²) in [5.41, 5.74) is 0.680. The third kappa shape index (κ3) is 2.59. The van der Waals surface area contributed by atoms with Crippen LogP contribution in [0.1, 0.15) is 47.3 Å². The molecule has 0 spiro atoms. The molecular weight excluding hydrogens is 333 g/mol. The first-order chi connectivity index (χ1) is 11.9. The van der Waals surface area contributed by atoms with Crippen LogP contribution in [0.4, 0.5) is 5.69 Å². The maximum atomic E-state index is 12.9. The van der Waals surface area contributed by atoms with E-state index < -0.39 is 17.6 Å². The molecule has 4 rings (SSSR count). The number of aromatic nitrogens is 4. The summed E-state index contributed by atoms with van der Waals surface area (Å²) in [4.78, 5) is 42.6. The number of aliphatic carboxylic acids is 1. The molecule has 2 aromatic rings. The molecule has 2 aliphatic heterocycles. The van der Waals surface area contributed by atoms with Gasteiger partial charge < -0.3 is 9.90 Å². The second-order valence-electron chi connectivity index (χ2n) is 6.50. The summed E-state index contributed by atoms with van der Waals surface area (Å²) in [5.74, 6) is -1.41. The Balaban J connectivity index is 0.00000196. The van der Waals surface area contributed by atoms with Gasteiger partial charge in [0.05, 0.1) is 30.4 Å². The molecule has 130 valence electrons. The van der Waals surface area contributed by atoms with Crippen molar-refractivity contribution < 1.29 is 33.6 Å². The number of carboxylic acids is 1.